The summed E-state index contributed by atoms with van der Waals surface area (Å²) in [6.07, 6.45) is 1.91. The minimum Gasteiger partial charge on any atom is -0.456 e. The third kappa shape index (κ3) is 3.75. The average Bonchev–Trinajstić information content (AvgIpc) is 2.76. The van der Waals surface area contributed by atoms with Crippen LogP contribution in [-0.2, 0) is 0 Å². The van der Waals surface area contributed by atoms with E-state index >= 15 is 0 Å². The highest BCUT2D eigenvalue weighted by molar-refractivity contribution is 7.98. The average molecular weight is 417 g/mol. The smallest absolute Gasteiger partial charge is 0.343 e. The number of para-hydroxylation sites is 2. The molecule has 0 aliphatic carbocycles. The van der Waals surface area contributed by atoms with Crippen molar-refractivity contribution in [1.82, 2.24) is 5.32 Å². The number of nitrogens with zero attached hydrogens (tertiary/aromatic N) is 2. The third-order valence-corrected chi connectivity index (χ3v) is 5.26. The largest absolute Gasteiger partial charge is 0.456 e. The summed E-state index contributed by atoms with van der Waals surface area (Å²) in [5, 5.41) is 2.66. The maximum absolute atomic E-state index is 13.2. The van der Waals surface area contributed by atoms with Crippen molar-refractivity contribution in [3.05, 3.63) is 91.3 Å². The summed E-state index contributed by atoms with van der Waals surface area (Å²) >= 11 is 1.47. The van der Waals surface area contributed by atoms with Gasteiger partial charge in [-0.15, -0.1) is 11.8 Å². The van der Waals surface area contributed by atoms with E-state index in [0.29, 0.717) is 22.9 Å². The summed E-state index contributed by atoms with van der Waals surface area (Å²) in [6.45, 7) is 3.82. The number of carbonyl (C=O) groups excluding carboxylic acids is 2. The number of hydrogen-bond donors (Lipinski definition) is 1. The van der Waals surface area contributed by atoms with Gasteiger partial charge >= 0.3 is 12.1 Å². The number of nitrogens with one attached hydrogen (secondary N) is 1. The molecular formula is C23H19N3O3S. The molecule has 1 aliphatic heterocycles. The van der Waals surface area contributed by atoms with E-state index in [0.717, 1.165) is 9.80 Å². The molecule has 1 aliphatic rings. The lowest BCUT2D eigenvalue weighted by atomic mass is 10.2. The minimum absolute atomic E-state index is 0.210. The van der Waals surface area contributed by atoms with E-state index in [1.165, 1.54) is 16.7 Å². The number of imide groups is 1. The topological polar surface area (TPSA) is 61.9 Å². The lowest BCUT2D eigenvalue weighted by Crippen LogP contribution is -2.58. The molecule has 6 nitrogen and oxygen atoms in total. The van der Waals surface area contributed by atoms with Crippen LogP contribution in [0.3, 0.4) is 0 Å². The Kier molecular flexibility index (Phi) is 5.45. The van der Waals surface area contributed by atoms with Crippen molar-refractivity contribution in [2.24, 2.45) is 0 Å². The van der Waals surface area contributed by atoms with Gasteiger partial charge in [0.15, 0.2) is 0 Å². The molecule has 4 amide bonds. The lowest BCUT2D eigenvalue weighted by molar-refractivity contribution is 0.235. The highest BCUT2D eigenvalue weighted by atomic mass is 32.2. The quantitative estimate of drug-likeness (QED) is 0.531. The Morgan fingerprint density at radius 2 is 1.53 bits per heavy atom. The fourth-order valence-electron chi connectivity index (χ4n) is 3.10. The molecular weight excluding hydrogens is 398 g/mol. The van der Waals surface area contributed by atoms with Crippen LogP contribution >= 0.6 is 11.8 Å². The summed E-state index contributed by atoms with van der Waals surface area (Å²) in [5.41, 5.74) is 1.06. The highest BCUT2D eigenvalue weighted by Gasteiger charge is 2.36. The van der Waals surface area contributed by atoms with Gasteiger partial charge in [-0.25, -0.2) is 19.4 Å². The van der Waals surface area contributed by atoms with Crippen LogP contribution < -0.4 is 19.9 Å². The van der Waals surface area contributed by atoms with Crippen LogP contribution in [0.5, 0.6) is 11.5 Å². The van der Waals surface area contributed by atoms with Gasteiger partial charge in [0.2, 0.25) is 0 Å². The predicted octanol–water partition coefficient (Wildman–Crippen LogP) is 5.83. The van der Waals surface area contributed by atoms with Crippen LogP contribution in [0.1, 0.15) is 0 Å². The van der Waals surface area contributed by atoms with Gasteiger partial charge in [-0.1, -0.05) is 43.0 Å². The first-order valence-corrected chi connectivity index (χ1v) is 10.4. The summed E-state index contributed by atoms with van der Waals surface area (Å²) in [4.78, 5) is 29.1. The zero-order chi connectivity index (χ0) is 21.1. The van der Waals surface area contributed by atoms with Crippen molar-refractivity contribution in [3.8, 4) is 11.5 Å². The Labute approximate surface area is 178 Å². The SMILES string of the molecule is C=C1NC(=O)N(c2ccc(Oc3ccccc3)c(SC)c2)C(=O)N1c1ccccc1. The van der Waals surface area contributed by atoms with Crippen molar-refractivity contribution in [3.63, 3.8) is 0 Å². The summed E-state index contributed by atoms with van der Waals surface area (Å²) in [5.74, 6) is 1.56. The van der Waals surface area contributed by atoms with Crippen molar-refractivity contribution >= 4 is 35.2 Å². The van der Waals surface area contributed by atoms with Crippen LogP contribution in [0.25, 0.3) is 0 Å². The van der Waals surface area contributed by atoms with E-state index in [9.17, 15) is 9.59 Å². The monoisotopic (exact) mass is 417 g/mol. The standard InChI is InChI=1S/C23H19N3O3S/c1-16-24-22(27)26(23(28)25(16)17-9-5-3-6-10-17)18-13-14-20(21(15-18)30-2)29-19-11-7-4-8-12-19/h3-15H,1H2,2H3,(H,24,27). The molecule has 0 bridgehead atoms. The zero-order valence-electron chi connectivity index (χ0n) is 16.2. The lowest BCUT2D eigenvalue weighted by Gasteiger charge is -2.36. The maximum atomic E-state index is 13.2. The highest BCUT2D eigenvalue weighted by Crippen LogP contribution is 2.36. The summed E-state index contributed by atoms with van der Waals surface area (Å²) in [6, 6.07) is 22.6. The number of anilines is 2. The molecule has 0 unspecified atom stereocenters. The number of benzene rings is 3. The van der Waals surface area contributed by atoms with Gasteiger partial charge in [-0.3, -0.25) is 5.32 Å². The first kappa shape index (κ1) is 19.6. The fraction of sp³-hybridized carbons (Fsp3) is 0.0435. The van der Waals surface area contributed by atoms with Crippen LogP contribution in [0.4, 0.5) is 21.0 Å². The Bertz CT molecular complexity index is 1100. The molecule has 0 atom stereocenters. The van der Waals surface area contributed by atoms with Crippen molar-refractivity contribution in [1.29, 1.82) is 0 Å². The van der Waals surface area contributed by atoms with Gasteiger partial charge in [0.05, 0.1) is 16.3 Å². The fourth-order valence-corrected chi connectivity index (χ4v) is 3.65. The second-order valence-corrected chi connectivity index (χ2v) is 7.26. The van der Waals surface area contributed by atoms with Crippen molar-refractivity contribution < 1.29 is 14.3 Å². The van der Waals surface area contributed by atoms with Gasteiger partial charge in [0.25, 0.3) is 0 Å². The second kappa shape index (κ2) is 8.34. The minimum atomic E-state index is -0.555. The number of amides is 4. The molecule has 0 radical (unpaired) electrons. The Hall–Kier alpha value is -3.71. The van der Waals surface area contributed by atoms with E-state index in [4.69, 9.17) is 4.74 Å². The normalized spacial score (nSPS) is 14.0. The Morgan fingerprint density at radius 3 is 2.20 bits per heavy atom. The van der Waals surface area contributed by atoms with Crippen LogP contribution in [-0.4, -0.2) is 18.3 Å². The molecule has 0 aromatic heterocycles. The van der Waals surface area contributed by atoms with E-state index in [1.54, 1.807) is 30.3 Å². The number of hydrogen-bond acceptors (Lipinski definition) is 4. The number of rotatable bonds is 5. The molecule has 150 valence electrons. The van der Waals surface area contributed by atoms with Crippen LogP contribution in [0, 0.1) is 0 Å². The van der Waals surface area contributed by atoms with Gasteiger partial charge in [-0.2, -0.15) is 0 Å². The number of urea groups is 2. The van der Waals surface area contributed by atoms with E-state index in [1.807, 2.05) is 54.8 Å². The second-order valence-electron chi connectivity index (χ2n) is 6.42. The van der Waals surface area contributed by atoms with Gasteiger partial charge in [0.1, 0.15) is 17.3 Å². The molecule has 3 aromatic carbocycles. The molecule has 1 saturated heterocycles. The van der Waals surface area contributed by atoms with Crippen molar-refractivity contribution in [2.75, 3.05) is 16.1 Å². The molecule has 30 heavy (non-hydrogen) atoms. The molecule has 1 fully saturated rings. The third-order valence-electron chi connectivity index (χ3n) is 4.50. The molecule has 4 rings (SSSR count). The maximum Gasteiger partial charge on any atom is 0.343 e. The zero-order valence-corrected chi connectivity index (χ0v) is 17.1. The van der Waals surface area contributed by atoms with E-state index < -0.39 is 12.1 Å². The number of thioether (sulfide) groups is 1. The van der Waals surface area contributed by atoms with Gasteiger partial charge in [-0.05, 0) is 48.7 Å². The molecule has 7 heteroatoms. The Balaban J connectivity index is 1.67. The van der Waals surface area contributed by atoms with Crippen LogP contribution in [0.2, 0.25) is 0 Å². The molecule has 1 N–H and O–H groups in total. The number of ether oxygens (including phenoxy) is 1. The first-order chi connectivity index (χ1) is 14.6. The summed E-state index contributed by atoms with van der Waals surface area (Å²) in [7, 11) is 0. The molecule has 3 aromatic rings. The molecule has 0 saturated carbocycles. The first-order valence-electron chi connectivity index (χ1n) is 9.18. The van der Waals surface area contributed by atoms with Crippen LogP contribution in [0.15, 0.2) is 96.2 Å². The summed E-state index contributed by atoms with van der Waals surface area (Å²) < 4.78 is 5.95. The Morgan fingerprint density at radius 1 is 0.867 bits per heavy atom. The van der Waals surface area contributed by atoms with Gasteiger partial charge < -0.3 is 4.74 Å². The predicted molar refractivity (Wildman–Crippen MR) is 119 cm³/mol. The van der Waals surface area contributed by atoms with Gasteiger partial charge in [0, 0.05) is 0 Å². The number of carbonyl (C=O) groups is 2. The molecule has 1 heterocycles. The van der Waals surface area contributed by atoms with Crippen molar-refractivity contribution in [2.45, 2.75) is 4.90 Å². The van der Waals surface area contributed by atoms with E-state index in [-0.39, 0.29) is 5.82 Å². The molecule has 0 spiro atoms. The van der Waals surface area contributed by atoms with E-state index in [2.05, 4.69) is 11.9 Å².